The summed E-state index contributed by atoms with van der Waals surface area (Å²) in [5.41, 5.74) is 0. The molecular weight excluding hydrogens is 324 g/mol. The highest BCUT2D eigenvalue weighted by molar-refractivity contribution is 5.81. The maximum atomic E-state index is 4.79. The van der Waals surface area contributed by atoms with Gasteiger partial charge in [0.05, 0.1) is 0 Å². The number of rotatable bonds is 7. The molecule has 0 saturated carbocycles. The molecule has 0 aromatic rings. The number of fused-ring (bicyclic) bond motifs is 2. The second-order valence-electron chi connectivity index (χ2n) is 8.14. The van der Waals surface area contributed by atoms with E-state index in [1.165, 1.54) is 116 Å². The summed E-state index contributed by atoms with van der Waals surface area (Å²) in [7, 11) is 0. The van der Waals surface area contributed by atoms with Crippen molar-refractivity contribution < 1.29 is 0 Å². The standard InChI is InChI=1S/C20H36N6/c1(3-11-23-15-7-17-25-13-5-9-21-19(23)25)2-4-12-24-16-8-18-26-14-6-10-22-20(24)26/h1-18H2. The molecule has 0 aromatic carbocycles. The summed E-state index contributed by atoms with van der Waals surface area (Å²) < 4.78 is 0. The van der Waals surface area contributed by atoms with E-state index < -0.39 is 0 Å². The second kappa shape index (κ2) is 8.96. The van der Waals surface area contributed by atoms with Gasteiger partial charge in [0.2, 0.25) is 0 Å². The fourth-order valence-corrected chi connectivity index (χ4v) is 4.79. The van der Waals surface area contributed by atoms with Gasteiger partial charge in [0.1, 0.15) is 0 Å². The zero-order valence-corrected chi connectivity index (χ0v) is 16.4. The van der Waals surface area contributed by atoms with E-state index in [1.54, 1.807) is 0 Å². The normalized spacial score (nSPS) is 23.4. The maximum absolute atomic E-state index is 4.79. The molecule has 0 radical (unpaired) electrons. The van der Waals surface area contributed by atoms with Crippen LogP contribution < -0.4 is 0 Å². The molecule has 6 heteroatoms. The molecule has 4 rings (SSSR count). The van der Waals surface area contributed by atoms with Gasteiger partial charge in [-0.15, -0.1) is 0 Å². The highest BCUT2D eigenvalue weighted by Gasteiger charge is 2.26. The molecule has 2 fully saturated rings. The summed E-state index contributed by atoms with van der Waals surface area (Å²) in [5.74, 6) is 2.59. The molecule has 4 heterocycles. The van der Waals surface area contributed by atoms with Crippen LogP contribution in [0.5, 0.6) is 0 Å². The van der Waals surface area contributed by atoms with E-state index in [2.05, 4.69) is 19.6 Å². The first-order chi connectivity index (χ1) is 12.9. The summed E-state index contributed by atoms with van der Waals surface area (Å²) in [6.45, 7) is 11.7. The molecule has 0 N–H and O–H groups in total. The number of unbranched alkanes of at least 4 members (excludes halogenated alkanes) is 3. The third-order valence-electron chi connectivity index (χ3n) is 6.13. The molecule has 0 bridgehead atoms. The van der Waals surface area contributed by atoms with Crippen LogP contribution in [0, 0.1) is 0 Å². The Kier molecular flexibility index (Phi) is 6.18. The lowest BCUT2D eigenvalue weighted by Crippen LogP contribution is -2.52. The SMILES string of the molecule is C(CCCN1CCCN2CCCN=C12)CCN1CCCN2CCCN=C12. The number of nitrogens with zero attached hydrogens (tertiary/aromatic N) is 6. The smallest absolute Gasteiger partial charge is 0.196 e. The number of guanidine groups is 2. The molecule has 6 nitrogen and oxygen atoms in total. The molecule has 0 amide bonds. The molecule has 2 saturated heterocycles. The summed E-state index contributed by atoms with van der Waals surface area (Å²) in [6, 6.07) is 0. The average molecular weight is 361 g/mol. The number of hydrogen-bond acceptors (Lipinski definition) is 6. The van der Waals surface area contributed by atoms with Crippen molar-refractivity contribution in [2.24, 2.45) is 9.98 Å². The third kappa shape index (κ3) is 4.26. The van der Waals surface area contributed by atoms with Crippen molar-refractivity contribution in [2.75, 3.05) is 65.4 Å². The van der Waals surface area contributed by atoms with E-state index in [0.717, 1.165) is 13.1 Å². The van der Waals surface area contributed by atoms with Crippen LogP contribution in [-0.2, 0) is 0 Å². The molecule has 4 aliphatic heterocycles. The molecule has 0 unspecified atom stereocenters. The molecule has 0 spiro atoms. The minimum absolute atomic E-state index is 1.03. The van der Waals surface area contributed by atoms with Crippen LogP contribution in [0.3, 0.4) is 0 Å². The lowest BCUT2D eigenvalue weighted by molar-refractivity contribution is 0.236. The highest BCUT2D eigenvalue weighted by atomic mass is 15.4. The lowest BCUT2D eigenvalue weighted by Gasteiger charge is -2.41. The van der Waals surface area contributed by atoms with Crippen molar-refractivity contribution in [3.05, 3.63) is 0 Å². The van der Waals surface area contributed by atoms with Crippen LogP contribution in [0.2, 0.25) is 0 Å². The first-order valence-electron chi connectivity index (χ1n) is 11.0. The van der Waals surface area contributed by atoms with Crippen molar-refractivity contribution in [1.29, 1.82) is 0 Å². The Balaban J connectivity index is 1.13. The minimum Gasteiger partial charge on any atom is -0.343 e. The lowest BCUT2D eigenvalue weighted by atomic mass is 10.1. The van der Waals surface area contributed by atoms with Crippen LogP contribution in [0.25, 0.3) is 0 Å². The second-order valence-corrected chi connectivity index (χ2v) is 8.14. The number of aliphatic imine (C=N–C) groups is 2. The highest BCUT2D eigenvalue weighted by Crippen LogP contribution is 2.17. The van der Waals surface area contributed by atoms with Gasteiger partial charge in [-0.2, -0.15) is 0 Å². The summed E-state index contributed by atoms with van der Waals surface area (Å²) in [5, 5.41) is 0. The van der Waals surface area contributed by atoms with Crippen molar-refractivity contribution in [1.82, 2.24) is 19.6 Å². The Bertz CT molecular complexity index is 470. The fourth-order valence-electron chi connectivity index (χ4n) is 4.79. The quantitative estimate of drug-likeness (QED) is 0.652. The van der Waals surface area contributed by atoms with Gasteiger partial charge in [-0.25, -0.2) is 0 Å². The van der Waals surface area contributed by atoms with Gasteiger partial charge in [0.15, 0.2) is 11.9 Å². The predicted octanol–water partition coefficient (Wildman–Crippen LogP) is 2.08. The predicted molar refractivity (Wildman–Crippen MR) is 108 cm³/mol. The first kappa shape index (κ1) is 17.9. The van der Waals surface area contributed by atoms with E-state index in [1.807, 2.05) is 0 Å². The van der Waals surface area contributed by atoms with Gasteiger partial charge < -0.3 is 19.6 Å². The topological polar surface area (TPSA) is 37.7 Å². The zero-order valence-electron chi connectivity index (χ0n) is 16.4. The van der Waals surface area contributed by atoms with Gasteiger partial charge in [-0.05, 0) is 38.5 Å². The Morgan fingerprint density at radius 2 is 1.00 bits per heavy atom. The zero-order chi connectivity index (χ0) is 17.6. The number of hydrogen-bond donors (Lipinski definition) is 0. The van der Waals surface area contributed by atoms with Gasteiger partial charge >= 0.3 is 0 Å². The van der Waals surface area contributed by atoms with Crippen molar-refractivity contribution >= 4 is 11.9 Å². The minimum atomic E-state index is 1.03. The molecule has 146 valence electrons. The molecule has 4 aliphatic rings. The first-order valence-corrected chi connectivity index (χ1v) is 11.0. The van der Waals surface area contributed by atoms with E-state index in [-0.39, 0.29) is 0 Å². The van der Waals surface area contributed by atoms with Crippen LogP contribution in [-0.4, -0.2) is 97.0 Å². The van der Waals surface area contributed by atoms with E-state index >= 15 is 0 Å². The third-order valence-corrected chi connectivity index (χ3v) is 6.13. The van der Waals surface area contributed by atoms with Crippen LogP contribution in [0.4, 0.5) is 0 Å². The Labute approximate surface area is 158 Å². The Morgan fingerprint density at radius 3 is 1.50 bits per heavy atom. The van der Waals surface area contributed by atoms with Crippen molar-refractivity contribution in [2.45, 2.75) is 51.4 Å². The van der Waals surface area contributed by atoms with Gasteiger partial charge in [0, 0.05) is 65.4 Å². The average Bonchev–Trinajstić information content (AvgIpc) is 2.71. The molecule has 0 aliphatic carbocycles. The van der Waals surface area contributed by atoms with Crippen LogP contribution in [0.1, 0.15) is 51.4 Å². The van der Waals surface area contributed by atoms with Gasteiger partial charge in [0.25, 0.3) is 0 Å². The van der Waals surface area contributed by atoms with Crippen molar-refractivity contribution in [3.63, 3.8) is 0 Å². The monoisotopic (exact) mass is 360 g/mol. The van der Waals surface area contributed by atoms with E-state index in [0.29, 0.717) is 0 Å². The van der Waals surface area contributed by atoms with Crippen LogP contribution >= 0.6 is 0 Å². The molecule has 0 aromatic heterocycles. The van der Waals surface area contributed by atoms with E-state index in [9.17, 15) is 0 Å². The van der Waals surface area contributed by atoms with Crippen molar-refractivity contribution in [3.8, 4) is 0 Å². The maximum Gasteiger partial charge on any atom is 0.196 e. The summed E-state index contributed by atoms with van der Waals surface area (Å²) in [6.07, 6.45) is 10.4. The Morgan fingerprint density at radius 1 is 0.538 bits per heavy atom. The Hall–Kier alpha value is -1.46. The van der Waals surface area contributed by atoms with Gasteiger partial charge in [-0.3, -0.25) is 9.98 Å². The van der Waals surface area contributed by atoms with Crippen LogP contribution in [0.15, 0.2) is 9.98 Å². The molecule has 26 heavy (non-hydrogen) atoms. The largest absolute Gasteiger partial charge is 0.343 e. The van der Waals surface area contributed by atoms with Gasteiger partial charge in [-0.1, -0.05) is 12.8 Å². The summed E-state index contributed by atoms with van der Waals surface area (Å²) >= 11 is 0. The molecular formula is C20H36N6. The molecule has 0 atom stereocenters. The fraction of sp³-hybridized carbons (Fsp3) is 0.900. The van der Waals surface area contributed by atoms with E-state index in [4.69, 9.17) is 9.98 Å². The summed E-state index contributed by atoms with van der Waals surface area (Å²) in [4.78, 5) is 19.7.